The molecule has 0 fully saturated rings. The number of nitrogens with zero attached hydrogens (tertiary/aromatic N) is 4. The minimum Gasteiger partial charge on any atom is -0.444 e. The SMILES string of the molecule is C#CCN(Cc1ccccc1N=[N+]=[N-])C(=O)OC(C)(C)C. The van der Waals surface area contributed by atoms with Gasteiger partial charge in [0.05, 0.1) is 13.1 Å². The van der Waals surface area contributed by atoms with Gasteiger partial charge in [-0.05, 0) is 31.9 Å². The molecule has 6 heteroatoms. The Morgan fingerprint density at radius 2 is 2.14 bits per heavy atom. The van der Waals surface area contributed by atoms with Crippen molar-refractivity contribution in [1.29, 1.82) is 0 Å². The van der Waals surface area contributed by atoms with E-state index in [-0.39, 0.29) is 13.1 Å². The summed E-state index contributed by atoms with van der Waals surface area (Å²) < 4.78 is 5.31. The van der Waals surface area contributed by atoms with Crippen molar-refractivity contribution < 1.29 is 9.53 Å². The van der Waals surface area contributed by atoms with E-state index in [0.29, 0.717) is 11.3 Å². The first-order chi connectivity index (χ1) is 9.87. The van der Waals surface area contributed by atoms with Crippen LogP contribution in [0.5, 0.6) is 0 Å². The summed E-state index contributed by atoms with van der Waals surface area (Å²) in [4.78, 5) is 16.3. The van der Waals surface area contributed by atoms with E-state index >= 15 is 0 Å². The number of rotatable bonds is 4. The van der Waals surface area contributed by atoms with Crippen molar-refractivity contribution in [2.24, 2.45) is 5.11 Å². The Morgan fingerprint density at radius 1 is 1.48 bits per heavy atom. The molecule has 21 heavy (non-hydrogen) atoms. The van der Waals surface area contributed by atoms with Gasteiger partial charge in [0.2, 0.25) is 0 Å². The molecule has 110 valence electrons. The molecular formula is C15H18N4O2. The van der Waals surface area contributed by atoms with Crippen LogP contribution in [0, 0.1) is 12.3 Å². The highest BCUT2D eigenvalue weighted by Crippen LogP contribution is 2.21. The Hall–Kier alpha value is -2.64. The lowest BCUT2D eigenvalue weighted by Gasteiger charge is -2.26. The number of hydrogen-bond donors (Lipinski definition) is 0. The largest absolute Gasteiger partial charge is 0.444 e. The number of amides is 1. The summed E-state index contributed by atoms with van der Waals surface area (Å²) in [6, 6.07) is 7.01. The summed E-state index contributed by atoms with van der Waals surface area (Å²) in [7, 11) is 0. The van der Waals surface area contributed by atoms with Gasteiger partial charge in [-0.3, -0.25) is 4.90 Å². The van der Waals surface area contributed by atoms with Crippen LogP contribution in [0.25, 0.3) is 10.4 Å². The fourth-order valence-electron chi connectivity index (χ4n) is 1.62. The summed E-state index contributed by atoms with van der Waals surface area (Å²) in [5.41, 5.74) is 9.13. The molecule has 0 heterocycles. The van der Waals surface area contributed by atoms with E-state index in [0.717, 1.165) is 0 Å². The maximum atomic E-state index is 12.1. The normalized spacial score (nSPS) is 10.2. The Balaban J connectivity index is 2.96. The van der Waals surface area contributed by atoms with Gasteiger partial charge in [0.25, 0.3) is 0 Å². The van der Waals surface area contributed by atoms with Crippen LogP contribution in [0.15, 0.2) is 29.4 Å². The highest BCUT2D eigenvalue weighted by Gasteiger charge is 2.22. The van der Waals surface area contributed by atoms with Gasteiger partial charge in [-0.1, -0.05) is 35.3 Å². The van der Waals surface area contributed by atoms with E-state index in [2.05, 4.69) is 15.9 Å². The van der Waals surface area contributed by atoms with Crippen molar-refractivity contribution in [2.45, 2.75) is 32.9 Å². The molecule has 6 nitrogen and oxygen atoms in total. The summed E-state index contributed by atoms with van der Waals surface area (Å²) in [6.07, 6.45) is 4.80. The quantitative estimate of drug-likeness (QED) is 0.363. The molecule has 0 atom stereocenters. The maximum Gasteiger partial charge on any atom is 0.411 e. The first-order valence-corrected chi connectivity index (χ1v) is 6.42. The molecule has 0 bridgehead atoms. The van der Waals surface area contributed by atoms with Crippen LogP contribution in [0.4, 0.5) is 10.5 Å². The minimum atomic E-state index is -0.603. The standard InChI is InChI=1S/C15H18N4O2/c1-5-10-19(14(20)21-15(2,3)4)11-12-8-6-7-9-13(12)17-18-16/h1,6-9H,10-11H2,2-4H3. The van der Waals surface area contributed by atoms with Crippen LogP contribution in [0.3, 0.4) is 0 Å². The molecule has 0 aliphatic rings. The third kappa shape index (κ3) is 5.47. The van der Waals surface area contributed by atoms with Crippen LogP contribution in [0.1, 0.15) is 26.3 Å². The van der Waals surface area contributed by atoms with Gasteiger partial charge >= 0.3 is 6.09 Å². The molecule has 0 radical (unpaired) electrons. The molecule has 1 aromatic carbocycles. The zero-order valence-electron chi connectivity index (χ0n) is 12.4. The second kappa shape index (κ2) is 7.22. The van der Waals surface area contributed by atoms with Crippen LogP contribution in [-0.4, -0.2) is 23.1 Å². The molecule has 0 aliphatic heterocycles. The lowest BCUT2D eigenvalue weighted by Crippen LogP contribution is -2.36. The van der Waals surface area contributed by atoms with E-state index in [1.54, 1.807) is 45.0 Å². The molecule has 0 saturated carbocycles. The molecule has 0 saturated heterocycles. The molecule has 0 aliphatic carbocycles. The second-order valence-electron chi connectivity index (χ2n) is 5.36. The molecular weight excluding hydrogens is 268 g/mol. The first-order valence-electron chi connectivity index (χ1n) is 6.42. The van der Waals surface area contributed by atoms with Gasteiger partial charge in [0.1, 0.15) is 5.60 Å². The lowest BCUT2D eigenvalue weighted by atomic mass is 10.1. The van der Waals surface area contributed by atoms with Gasteiger partial charge in [0.15, 0.2) is 0 Å². The lowest BCUT2D eigenvalue weighted by molar-refractivity contribution is 0.0261. The van der Waals surface area contributed by atoms with E-state index < -0.39 is 11.7 Å². The van der Waals surface area contributed by atoms with Crippen molar-refractivity contribution in [3.63, 3.8) is 0 Å². The Labute approximate surface area is 124 Å². The number of carbonyl (C=O) groups excluding carboxylic acids is 1. The van der Waals surface area contributed by atoms with Crippen molar-refractivity contribution in [1.82, 2.24) is 4.90 Å². The molecule has 0 unspecified atom stereocenters. The minimum absolute atomic E-state index is 0.111. The van der Waals surface area contributed by atoms with E-state index in [9.17, 15) is 4.79 Å². The summed E-state index contributed by atoms with van der Waals surface area (Å²) >= 11 is 0. The van der Waals surface area contributed by atoms with Gasteiger partial charge in [-0.25, -0.2) is 4.79 Å². The van der Waals surface area contributed by atoms with Crippen molar-refractivity contribution in [3.8, 4) is 12.3 Å². The molecule has 0 spiro atoms. The number of carbonyl (C=O) groups is 1. The van der Waals surface area contributed by atoms with Crippen molar-refractivity contribution in [2.75, 3.05) is 6.54 Å². The fourth-order valence-corrected chi connectivity index (χ4v) is 1.62. The molecule has 1 amide bonds. The number of terminal acetylenes is 1. The fraction of sp³-hybridized carbons (Fsp3) is 0.400. The molecule has 0 aromatic heterocycles. The number of azide groups is 1. The third-order valence-electron chi connectivity index (χ3n) is 2.44. The number of ether oxygens (including phenoxy) is 1. The van der Waals surface area contributed by atoms with Crippen LogP contribution in [-0.2, 0) is 11.3 Å². The zero-order valence-corrected chi connectivity index (χ0v) is 12.4. The van der Waals surface area contributed by atoms with Gasteiger partial charge < -0.3 is 4.74 Å². The van der Waals surface area contributed by atoms with E-state index in [4.69, 9.17) is 16.7 Å². The molecule has 0 N–H and O–H groups in total. The van der Waals surface area contributed by atoms with Gasteiger partial charge in [0, 0.05) is 10.6 Å². The Kier molecular flexibility index (Phi) is 5.65. The van der Waals surface area contributed by atoms with E-state index in [1.807, 2.05) is 0 Å². The van der Waals surface area contributed by atoms with Gasteiger partial charge in [-0.15, -0.1) is 6.42 Å². The third-order valence-corrected chi connectivity index (χ3v) is 2.44. The van der Waals surface area contributed by atoms with E-state index in [1.165, 1.54) is 4.90 Å². The summed E-state index contributed by atoms with van der Waals surface area (Å²) in [5, 5.41) is 3.60. The monoisotopic (exact) mass is 286 g/mol. The highest BCUT2D eigenvalue weighted by atomic mass is 16.6. The zero-order chi connectivity index (χ0) is 15.9. The van der Waals surface area contributed by atoms with Crippen molar-refractivity contribution in [3.05, 3.63) is 40.3 Å². The average molecular weight is 286 g/mol. The summed E-state index contributed by atoms with van der Waals surface area (Å²) in [6.45, 7) is 5.68. The van der Waals surface area contributed by atoms with Crippen LogP contribution in [0.2, 0.25) is 0 Å². The number of hydrogen-bond acceptors (Lipinski definition) is 3. The first kappa shape index (κ1) is 16.4. The van der Waals surface area contributed by atoms with Crippen molar-refractivity contribution >= 4 is 11.8 Å². The predicted octanol–water partition coefficient (Wildman–Crippen LogP) is 4.00. The highest BCUT2D eigenvalue weighted by molar-refractivity contribution is 5.69. The molecule has 1 aromatic rings. The van der Waals surface area contributed by atoms with Crippen LogP contribution >= 0.6 is 0 Å². The Morgan fingerprint density at radius 3 is 2.71 bits per heavy atom. The van der Waals surface area contributed by atoms with Crippen LogP contribution < -0.4 is 0 Å². The Bertz CT molecular complexity index is 592. The average Bonchev–Trinajstić information content (AvgIpc) is 2.38. The predicted molar refractivity (Wildman–Crippen MR) is 80.7 cm³/mol. The topological polar surface area (TPSA) is 78.3 Å². The molecule has 1 rings (SSSR count). The second-order valence-corrected chi connectivity index (χ2v) is 5.36. The van der Waals surface area contributed by atoms with Gasteiger partial charge in [-0.2, -0.15) is 0 Å². The number of benzene rings is 1. The smallest absolute Gasteiger partial charge is 0.411 e. The summed E-state index contributed by atoms with van der Waals surface area (Å²) in [5.74, 6) is 2.43. The maximum absolute atomic E-state index is 12.1.